The number of carbonyl (C=O) groups excluding carboxylic acids is 1. The van der Waals surface area contributed by atoms with E-state index in [1.165, 1.54) is 12.1 Å². The largest absolute Gasteiger partial charge is 0.493 e. The number of halogens is 1. The summed E-state index contributed by atoms with van der Waals surface area (Å²) in [5, 5.41) is 2.81. The first-order valence-electron chi connectivity index (χ1n) is 10.6. The number of amides is 1. The van der Waals surface area contributed by atoms with Gasteiger partial charge in [-0.2, -0.15) is 0 Å². The van der Waals surface area contributed by atoms with E-state index in [2.05, 4.69) is 10.2 Å². The molecular formula is C25H29FN2O4. The molecule has 0 saturated carbocycles. The third kappa shape index (κ3) is 6.34. The number of hydrogen-bond acceptors (Lipinski definition) is 5. The zero-order chi connectivity index (χ0) is 22.9. The minimum Gasteiger partial charge on any atom is -0.493 e. The van der Waals surface area contributed by atoms with Gasteiger partial charge in [0.2, 0.25) is 0 Å². The molecule has 1 amide bonds. The Morgan fingerprint density at radius 2 is 1.72 bits per heavy atom. The third-order valence-electron chi connectivity index (χ3n) is 4.95. The van der Waals surface area contributed by atoms with Crippen LogP contribution in [-0.2, 0) is 19.6 Å². The third-order valence-corrected chi connectivity index (χ3v) is 4.95. The monoisotopic (exact) mass is 440 g/mol. The summed E-state index contributed by atoms with van der Waals surface area (Å²) in [6.07, 6.45) is 0.853. The van der Waals surface area contributed by atoms with Gasteiger partial charge in [0.05, 0.1) is 20.8 Å². The number of carbonyl (C=O) groups is 1. The molecule has 0 saturated heterocycles. The van der Waals surface area contributed by atoms with Gasteiger partial charge in [0.15, 0.2) is 17.3 Å². The summed E-state index contributed by atoms with van der Waals surface area (Å²) in [5.41, 5.74) is 1.85. The Hall–Kier alpha value is -3.32. The van der Waals surface area contributed by atoms with Gasteiger partial charge >= 0.3 is 0 Å². The number of ether oxygens (including phenoxy) is 2. The van der Waals surface area contributed by atoms with Crippen molar-refractivity contribution in [3.05, 3.63) is 83.1 Å². The zero-order valence-corrected chi connectivity index (χ0v) is 18.7. The molecule has 0 fully saturated rings. The predicted molar refractivity (Wildman–Crippen MR) is 120 cm³/mol. The van der Waals surface area contributed by atoms with Crippen LogP contribution in [0.1, 0.15) is 40.8 Å². The first kappa shape index (κ1) is 23.3. The van der Waals surface area contributed by atoms with E-state index in [0.29, 0.717) is 43.4 Å². The van der Waals surface area contributed by atoms with E-state index < -0.39 is 0 Å². The smallest absolute Gasteiger partial charge is 0.286 e. The molecule has 1 N–H and O–H groups in total. The summed E-state index contributed by atoms with van der Waals surface area (Å²) < 4.78 is 30.3. The summed E-state index contributed by atoms with van der Waals surface area (Å²) >= 11 is 0. The van der Waals surface area contributed by atoms with Crippen molar-refractivity contribution < 1.29 is 23.1 Å². The lowest BCUT2D eigenvalue weighted by atomic mass is 10.1. The van der Waals surface area contributed by atoms with Gasteiger partial charge in [0.25, 0.3) is 5.91 Å². The Morgan fingerprint density at radius 3 is 2.41 bits per heavy atom. The quantitative estimate of drug-likeness (QED) is 0.465. The molecule has 0 spiro atoms. The van der Waals surface area contributed by atoms with Crippen molar-refractivity contribution in [2.75, 3.05) is 20.8 Å². The highest BCUT2D eigenvalue weighted by Gasteiger charge is 2.15. The Morgan fingerprint density at radius 1 is 0.969 bits per heavy atom. The number of rotatable bonds is 11. The molecule has 3 aromatic rings. The molecule has 7 heteroatoms. The van der Waals surface area contributed by atoms with Crippen LogP contribution in [0.4, 0.5) is 4.39 Å². The van der Waals surface area contributed by atoms with Gasteiger partial charge in [0, 0.05) is 19.6 Å². The van der Waals surface area contributed by atoms with Crippen molar-refractivity contribution in [2.24, 2.45) is 0 Å². The molecule has 0 atom stereocenters. The lowest BCUT2D eigenvalue weighted by Crippen LogP contribution is -2.24. The highest BCUT2D eigenvalue weighted by Crippen LogP contribution is 2.28. The molecule has 0 unspecified atom stereocenters. The van der Waals surface area contributed by atoms with Crippen molar-refractivity contribution in [3.8, 4) is 11.5 Å². The van der Waals surface area contributed by atoms with Crippen LogP contribution in [0.5, 0.6) is 11.5 Å². The number of nitrogens with zero attached hydrogens (tertiary/aromatic N) is 1. The maximum Gasteiger partial charge on any atom is 0.286 e. The summed E-state index contributed by atoms with van der Waals surface area (Å²) in [5.74, 6) is 1.73. The highest BCUT2D eigenvalue weighted by atomic mass is 19.1. The van der Waals surface area contributed by atoms with E-state index in [1.54, 1.807) is 32.4 Å². The first-order chi connectivity index (χ1) is 15.5. The van der Waals surface area contributed by atoms with Crippen LogP contribution in [-0.4, -0.2) is 31.6 Å². The molecule has 3 rings (SSSR count). The van der Waals surface area contributed by atoms with Gasteiger partial charge in [-0.05, 0) is 53.9 Å². The van der Waals surface area contributed by atoms with E-state index in [4.69, 9.17) is 13.9 Å². The maximum atomic E-state index is 13.7. The minimum absolute atomic E-state index is 0.227. The molecule has 2 aromatic carbocycles. The Labute approximate surface area is 187 Å². The summed E-state index contributed by atoms with van der Waals surface area (Å²) in [6, 6.07) is 15.7. The average molecular weight is 441 g/mol. The van der Waals surface area contributed by atoms with E-state index >= 15 is 0 Å². The molecule has 0 bridgehead atoms. The highest BCUT2D eigenvalue weighted by molar-refractivity contribution is 5.91. The second kappa shape index (κ2) is 11.3. The van der Waals surface area contributed by atoms with Crippen molar-refractivity contribution >= 4 is 5.91 Å². The first-order valence-corrected chi connectivity index (χ1v) is 10.6. The van der Waals surface area contributed by atoms with Crippen molar-refractivity contribution in [3.63, 3.8) is 0 Å². The maximum absolute atomic E-state index is 13.7. The standard InChI is InChI=1S/C25H29FN2O4/c1-4-12-27-25(29)23-11-9-21(32-23)17-28(15-18-6-5-7-20(26)13-18)16-19-8-10-22(30-2)24(14-19)31-3/h5-11,13-14H,4,12,15-17H2,1-3H3,(H,27,29). The molecular weight excluding hydrogens is 411 g/mol. The van der Waals surface area contributed by atoms with E-state index in [-0.39, 0.29) is 17.5 Å². The van der Waals surface area contributed by atoms with Gasteiger partial charge in [-0.1, -0.05) is 25.1 Å². The van der Waals surface area contributed by atoms with Crippen LogP contribution in [0.3, 0.4) is 0 Å². The van der Waals surface area contributed by atoms with Gasteiger partial charge in [-0.15, -0.1) is 0 Å². The molecule has 0 aliphatic carbocycles. The summed E-state index contributed by atoms with van der Waals surface area (Å²) in [7, 11) is 3.19. The zero-order valence-electron chi connectivity index (χ0n) is 18.7. The lowest BCUT2D eigenvalue weighted by molar-refractivity contribution is 0.0921. The number of hydrogen-bond donors (Lipinski definition) is 1. The number of benzene rings is 2. The summed E-state index contributed by atoms with van der Waals surface area (Å²) in [6.45, 7) is 4.11. The molecule has 1 heterocycles. The minimum atomic E-state index is -0.276. The Kier molecular flexibility index (Phi) is 8.27. The topological polar surface area (TPSA) is 63.9 Å². The van der Waals surface area contributed by atoms with Gasteiger partial charge in [-0.3, -0.25) is 9.69 Å². The van der Waals surface area contributed by atoms with E-state index in [9.17, 15) is 9.18 Å². The molecule has 170 valence electrons. The summed E-state index contributed by atoms with van der Waals surface area (Å²) in [4.78, 5) is 14.3. The molecule has 32 heavy (non-hydrogen) atoms. The molecule has 0 radical (unpaired) electrons. The fourth-order valence-corrected chi connectivity index (χ4v) is 3.43. The van der Waals surface area contributed by atoms with Crippen molar-refractivity contribution in [1.29, 1.82) is 0 Å². The molecule has 6 nitrogen and oxygen atoms in total. The van der Waals surface area contributed by atoms with Crippen LogP contribution in [0.15, 0.2) is 59.0 Å². The number of furan rings is 1. The normalized spacial score (nSPS) is 10.9. The molecule has 0 aliphatic heterocycles. The number of nitrogens with one attached hydrogen (secondary N) is 1. The van der Waals surface area contributed by atoms with Crippen LogP contribution >= 0.6 is 0 Å². The van der Waals surface area contributed by atoms with Crippen molar-refractivity contribution in [1.82, 2.24) is 10.2 Å². The Bertz CT molecular complexity index is 1030. The SMILES string of the molecule is CCCNC(=O)c1ccc(CN(Cc2cccc(F)c2)Cc2ccc(OC)c(OC)c2)o1. The average Bonchev–Trinajstić information content (AvgIpc) is 3.26. The van der Waals surface area contributed by atoms with Crippen LogP contribution < -0.4 is 14.8 Å². The van der Waals surface area contributed by atoms with Crippen LogP contribution in [0, 0.1) is 5.82 Å². The van der Waals surface area contributed by atoms with Crippen LogP contribution in [0.2, 0.25) is 0 Å². The second-order valence-electron chi connectivity index (χ2n) is 7.49. The van der Waals surface area contributed by atoms with E-state index in [1.807, 2.05) is 31.2 Å². The predicted octanol–water partition coefficient (Wildman–Crippen LogP) is 4.78. The lowest BCUT2D eigenvalue weighted by Gasteiger charge is -2.22. The Balaban J connectivity index is 1.80. The van der Waals surface area contributed by atoms with Crippen molar-refractivity contribution in [2.45, 2.75) is 33.0 Å². The van der Waals surface area contributed by atoms with Gasteiger partial charge in [0.1, 0.15) is 11.6 Å². The second-order valence-corrected chi connectivity index (χ2v) is 7.49. The fraction of sp³-hybridized carbons (Fsp3) is 0.320. The fourth-order valence-electron chi connectivity index (χ4n) is 3.43. The van der Waals surface area contributed by atoms with Gasteiger partial charge < -0.3 is 19.2 Å². The molecule has 0 aliphatic rings. The number of methoxy groups -OCH3 is 2. The van der Waals surface area contributed by atoms with Crippen LogP contribution in [0.25, 0.3) is 0 Å². The van der Waals surface area contributed by atoms with E-state index in [0.717, 1.165) is 17.5 Å². The van der Waals surface area contributed by atoms with Gasteiger partial charge in [-0.25, -0.2) is 4.39 Å². The molecule has 1 aromatic heterocycles.